The smallest absolute Gasteiger partial charge is 0.493 e. The van der Waals surface area contributed by atoms with Crippen LogP contribution in [0.4, 0.5) is 4.79 Å². The molecule has 1 aliphatic heterocycles. The molecule has 1 fully saturated rings. The maximum Gasteiger partial charge on any atom is 0.512 e. The normalized spacial score (nSPS) is 15.5. The van der Waals surface area contributed by atoms with E-state index in [-0.39, 0.29) is 12.1 Å². The number of hydrogen-bond donors (Lipinski definition) is 2. The van der Waals surface area contributed by atoms with E-state index in [1.165, 1.54) is 0 Å². The van der Waals surface area contributed by atoms with Gasteiger partial charge in [-0.25, -0.2) is 9.48 Å². The number of nitrogens with one attached hydrogen (secondary N) is 1. The van der Waals surface area contributed by atoms with Gasteiger partial charge in [0.15, 0.2) is 6.23 Å². The van der Waals surface area contributed by atoms with Crippen LogP contribution in [0.2, 0.25) is 5.15 Å². The third kappa shape index (κ3) is 5.00. The molecule has 1 saturated heterocycles. The molecule has 8 nitrogen and oxygen atoms in total. The Morgan fingerprint density at radius 3 is 2.75 bits per heavy atom. The summed E-state index contributed by atoms with van der Waals surface area (Å²) in [6, 6.07) is 20.0. The number of rotatable bonds is 8. The molecule has 0 saturated carbocycles. The Bertz CT molecular complexity index is 1680. The van der Waals surface area contributed by atoms with Crippen molar-refractivity contribution in [2.45, 2.75) is 45.3 Å². The number of hydrogen-bond acceptors (Lipinski definition) is 5. The number of aryl methyl sites for hydroxylation is 2. The highest BCUT2D eigenvalue weighted by Crippen LogP contribution is 2.41. The van der Waals surface area contributed by atoms with Gasteiger partial charge >= 0.3 is 6.16 Å². The van der Waals surface area contributed by atoms with E-state index in [4.69, 9.17) is 30.9 Å². The van der Waals surface area contributed by atoms with Crippen LogP contribution in [0.3, 0.4) is 0 Å². The zero-order valence-electron chi connectivity index (χ0n) is 22.2. The van der Waals surface area contributed by atoms with Crippen molar-refractivity contribution in [1.29, 1.82) is 0 Å². The summed E-state index contributed by atoms with van der Waals surface area (Å²) in [5.41, 5.74) is 3.91. The van der Waals surface area contributed by atoms with Crippen LogP contribution >= 0.6 is 11.6 Å². The van der Waals surface area contributed by atoms with Gasteiger partial charge in [-0.15, -0.1) is 0 Å². The fraction of sp³-hybridized carbons (Fsp3) is 0.290. The molecule has 0 aliphatic carbocycles. The Balaban J connectivity index is 1.30. The summed E-state index contributed by atoms with van der Waals surface area (Å²) in [4.78, 5) is 14.8. The van der Waals surface area contributed by atoms with Crippen LogP contribution in [0.25, 0.3) is 32.8 Å². The molecule has 3 aromatic carbocycles. The van der Waals surface area contributed by atoms with Gasteiger partial charge in [-0.1, -0.05) is 66.2 Å². The molecule has 206 valence electrons. The summed E-state index contributed by atoms with van der Waals surface area (Å²) in [6.07, 6.45) is 2.59. The predicted molar refractivity (Wildman–Crippen MR) is 155 cm³/mol. The molecule has 1 atom stereocenters. The van der Waals surface area contributed by atoms with Crippen molar-refractivity contribution in [3.63, 3.8) is 0 Å². The summed E-state index contributed by atoms with van der Waals surface area (Å²) >= 11 is 6.90. The lowest BCUT2D eigenvalue weighted by Gasteiger charge is -2.23. The molecule has 5 aromatic rings. The molecule has 1 aliphatic rings. The summed E-state index contributed by atoms with van der Waals surface area (Å²) in [7, 11) is 0. The number of fused-ring (bicyclic) bond motifs is 2. The zero-order chi connectivity index (χ0) is 27.6. The fourth-order valence-electron chi connectivity index (χ4n) is 5.57. The molecular weight excluding hydrogens is 530 g/mol. The third-order valence-corrected chi connectivity index (χ3v) is 7.76. The van der Waals surface area contributed by atoms with Gasteiger partial charge in [0.1, 0.15) is 10.9 Å². The standard InChI is InChI=1S/C31H30ClN3O5/c1-19-27(29(32)35(34-19)26-16-4-5-17-39-26)24-13-7-12-22-23(30(33-28(22)24)40-31(36)37)14-8-18-38-25-15-6-10-20-9-2-3-11-21(20)25/h2-3,6-7,9-13,15,26,33H,4-5,8,14,16-18H2,1H3,(H,36,37). The lowest BCUT2D eigenvalue weighted by Crippen LogP contribution is -2.19. The summed E-state index contributed by atoms with van der Waals surface area (Å²) in [6.45, 7) is 3.07. The molecule has 40 heavy (non-hydrogen) atoms. The highest BCUT2D eigenvalue weighted by Gasteiger charge is 2.26. The Hall–Kier alpha value is -4.01. The zero-order valence-corrected chi connectivity index (χ0v) is 22.9. The molecule has 0 bridgehead atoms. The number of carboxylic acid groups (broad SMARTS) is 1. The lowest BCUT2D eigenvalue weighted by molar-refractivity contribution is -0.0394. The number of halogens is 1. The van der Waals surface area contributed by atoms with Crippen molar-refractivity contribution in [1.82, 2.24) is 14.8 Å². The molecule has 9 heteroatoms. The first-order valence-corrected chi connectivity index (χ1v) is 13.9. The van der Waals surface area contributed by atoms with Crippen LogP contribution < -0.4 is 9.47 Å². The van der Waals surface area contributed by atoms with Gasteiger partial charge in [0.2, 0.25) is 5.88 Å². The Kier molecular flexibility index (Phi) is 7.36. The van der Waals surface area contributed by atoms with Crippen molar-refractivity contribution in [3.8, 4) is 22.8 Å². The lowest BCUT2D eigenvalue weighted by atomic mass is 10.0. The van der Waals surface area contributed by atoms with E-state index in [0.717, 1.165) is 69.1 Å². The van der Waals surface area contributed by atoms with Crippen molar-refractivity contribution in [3.05, 3.63) is 77.1 Å². The predicted octanol–water partition coefficient (Wildman–Crippen LogP) is 7.91. The minimum Gasteiger partial charge on any atom is -0.493 e. The largest absolute Gasteiger partial charge is 0.512 e. The number of aromatic nitrogens is 3. The fourth-order valence-corrected chi connectivity index (χ4v) is 5.95. The van der Waals surface area contributed by atoms with Gasteiger partial charge in [-0.05, 0) is 50.5 Å². The van der Waals surface area contributed by atoms with Crippen molar-refractivity contribution < 1.29 is 24.1 Å². The first-order valence-electron chi connectivity index (χ1n) is 13.5. The number of ether oxygens (including phenoxy) is 3. The number of nitrogens with zero attached hydrogens (tertiary/aromatic N) is 2. The maximum atomic E-state index is 11.6. The first kappa shape index (κ1) is 26.2. The van der Waals surface area contributed by atoms with Gasteiger partial charge < -0.3 is 24.3 Å². The monoisotopic (exact) mass is 559 g/mol. The summed E-state index contributed by atoms with van der Waals surface area (Å²) in [5, 5.41) is 17.7. The van der Waals surface area contributed by atoms with E-state index >= 15 is 0 Å². The van der Waals surface area contributed by atoms with Gasteiger partial charge in [0.05, 0.1) is 17.8 Å². The summed E-state index contributed by atoms with van der Waals surface area (Å²) < 4.78 is 19.0. The Morgan fingerprint density at radius 2 is 1.93 bits per heavy atom. The molecule has 6 rings (SSSR count). The maximum absolute atomic E-state index is 11.6. The molecule has 1 unspecified atom stereocenters. The summed E-state index contributed by atoms with van der Waals surface area (Å²) in [5.74, 6) is 1.03. The highest BCUT2D eigenvalue weighted by atomic mass is 35.5. The Labute approximate surface area is 236 Å². The van der Waals surface area contributed by atoms with Crippen LogP contribution in [-0.4, -0.2) is 39.2 Å². The van der Waals surface area contributed by atoms with Crippen LogP contribution in [0.15, 0.2) is 60.7 Å². The minimum absolute atomic E-state index is 0.195. The molecule has 0 radical (unpaired) electrons. The van der Waals surface area contributed by atoms with Crippen LogP contribution in [-0.2, 0) is 11.2 Å². The molecule has 3 heterocycles. The van der Waals surface area contributed by atoms with Crippen molar-refractivity contribution >= 4 is 39.4 Å². The van der Waals surface area contributed by atoms with E-state index in [2.05, 4.69) is 17.1 Å². The molecule has 2 aromatic heterocycles. The van der Waals surface area contributed by atoms with Gasteiger partial charge in [0.25, 0.3) is 0 Å². The van der Waals surface area contributed by atoms with Crippen LogP contribution in [0.5, 0.6) is 11.6 Å². The third-order valence-electron chi connectivity index (χ3n) is 7.39. The van der Waals surface area contributed by atoms with E-state index in [1.54, 1.807) is 4.68 Å². The second kappa shape index (κ2) is 11.2. The first-order chi connectivity index (χ1) is 19.5. The number of H-pyrrole nitrogens is 1. The second-order valence-corrected chi connectivity index (χ2v) is 10.3. The van der Waals surface area contributed by atoms with E-state index in [9.17, 15) is 9.90 Å². The topological polar surface area (TPSA) is 98.6 Å². The quantitative estimate of drug-likeness (QED) is 0.148. The average Bonchev–Trinajstić information content (AvgIpc) is 3.46. The SMILES string of the molecule is Cc1nn(C2CCCCO2)c(Cl)c1-c1cccc2c(CCCOc3cccc4ccccc34)c(OC(=O)O)[nH]c12. The number of benzene rings is 3. The van der Waals surface area contributed by atoms with Crippen LogP contribution in [0.1, 0.15) is 43.2 Å². The van der Waals surface area contributed by atoms with Crippen molar-refractivity contribution in [2.24, 2.45) is 0 Å². The molecule has 2 N–H and O–H groups in total. The van der Waals surface area contributed by atoms with Crippen LogP contribution in [0, 0.1) is 6.92 Å². The van der Waals surface area contributed by atoms with Gasteiger partial charge in [0, 0.05) is 34.1 Å². The number of para-hydroxylation sites is 1. The number of carbonyl (C=O) groups is 1. The average molecular weight is 560 g/mol. The van der Waals surface area contributed by atoms with E-state index in [0.29, 0.717) is 31.2 Å². The van der Waals surface area contributed by atoms with E-state index < -0.39 is 6.16 Å². The molecule has 0 amide bonds. The second-order valence-electron chi connectivity index (χ2n) is 9.98. The van der Waals surface area contributed by atoms with Gasteiger partial charge in [-0.3, -0.25) is 0 Å². The van der Waals surface area contributed by atoms with E-state index in [1.807, 2.05) is 55.5 Å². The highest BCUT2D eigenvalue weighted by molar-refractivity contribution is 6.33. The van der Waals surface area contributed by atoms with Gasteiger partial charge in [-0.2, -0.15) is 5.10 Å². The number of aromatic amines is 1. The molecular formula is C31H30ClN3O5. The minimum atomic E-state index is -1.38. The molecule has 0 spiro atoms. The van der Waals surface area contributed by atoms with Crippen molar-refractivity contribution in [2.75, 3.05) is 13.2 Å². The Morgan fingerprint density at radius 1 is 1.12 bits per heavy atom.